The number of rotatable bonds is 4. The molecule has 0 fully saturated rings. The summed E-state index contributed by atoms with van der Waals surface area (Å²) in [6, 6.07) is 14.4. The minimum absolute atomic E-state index is 0.0100. The van der Waals surface area contributed by atoms with Crippen LogP contribution in [0.15, 0.2) is 58.6 Å². The van der Waals surface area contributed by atoms with Gasteiger partial charge in [0.15, 0.2) is 0 Å². The van der Waals surface area contributed by atoms with Gasteiger partial charge < -0.3 is 10.1 Å². The highest BCUT2D eigenvalue weighted by Crippen LogP contribution is 2.29. The minimum atomic E-state index is -2.20. The lowest BCUT2D eigenvalue weighted by molar-refractivity contribution is -0.132. The van der Waals surface area contributed by atoms with Gasteiger partial charge in [-0.25, -0.2) is 4.79 Å². The molecule has 0 aromatic heterocycles. The Balaban J connectivity index is 2.00. The number of anilines is 1. The smallest absolute Gasteiger partial charge is 0.353 e. The van der Waals surface area contributed by atoms with Crippen LogP contribution in [0.1, 0.15) is 18.1 Å². The standard InChI is InChI=1S/C19H18ClFN4O2/c1-12(18(26)27-2)24-25-19(21)11-22-17(13-7-3-5-9-15(13)20)14-8-4-6-10-16(14)23-19/h3-10,23,25H,11H2,1-2H3. The van der Waals surface area contributed by atoms with Crippen molar-refractivity contribution >= 4 is 34.7 Å². The van der Waals surface area contributed by atoms with Crippen molar-refractivity contribution in [3.8, 4) is 0 Å². The molecule has 1 heterocycles. The lowest BCUT2D eigenvalue weighted by Crippen LogP contribution is -2.48. The first-order valence-electron chi connectivity index (χ1n) is 8.19. The molecule has 2 aromatic carbocycles. The second-order valence-electron chi connectivity index (χ2n) is 5.92. The van der Waals surface area contributed by atoms with Crippen LogP contribution >= 0.6 is 11.6 Å². The van der Waals surface area contributed by atoms with Gasteiger partial charge in [-0.1, -0.05) is 48.0 Å². The predicted octanol–water partition coefficient (Wildman–Crippen LogP) is 3.36. The molecule has 0 aliphatic carbocycles. The number of nitrogens with zero attached hydrogens (tertiary/aromatic N) is 2. The number of benzene rings is 2. The Morgan fingerprint density at radius 1 is 1.26 bits per heavy atom. The minimum Gasteiger partial charge on any atom is -0.464 e. The van der Waals surface area contributed by atoms with Gasteiger partial charge >= 0.3 is 5.97 Å². The summed E-state index contributed by atoms with van der Waals surface area (Å²) in [6.07, 6.45) is 0. The molecule has 1 atom stereocenters. The van der Waals surface area contributed by atoms with Crippen LogP contribution in [0, 0.1) is 0 Å². The molecule has 0 bridgehead atoms. The molecule has 0 spiro atoms. The molecule has 3 rings (SSSR count). The van der Waals surface area contributed by atoms with Crippen LogP contribution in [0.4, 0.5) is 10.1 Å². The molecular weight excluding hydrogens is 371 g/mol. The van der Waals surface area contributed by atoms with Crippen LogP contribution in [0.5, 0.6) is 0 Å². The van der Waals surface area contributed by atoms with Crippen LogP contribution in [0.25, 0.3) is 0 Å². The molecule has 1 aliphatic heterocycles. The molecule has 0 saturated carbocycles. The average Bonchev–Trinajstić information content (AvgIpc) is 2.82. The third-order valence-electron chi connectivity index (χ3n) is 3.98. The van der Waals surface area contributed by atoms with E-state index in [0.29, 0.717) is 27.5 Å². The normalized spacial score (nSPS) is 19.3. The van der Waals surface area contributed by atoms with Crippen LogP contribution in [0.2, 0.25) is 5.02 Å². The van der Waals surface area contributed by atoms with E-state index >= 15 is 4.39 Å². The Bertz CT molecular complexity index is 931. The Morgan fingerprint density at radius 2 is 1.93 bits per heavy atom. The number of aliphatic imine (C=N–C) groups is 1. The number of esters is 1. The molecule has 0 amide bonds. The summed E-state index contributed by atoms with van der Waals surface area (Å²) in [5.74, 6) is -2.85. The van der Waals surface area contributed by atoms with Crippen molar-refractivity contribution in [2.45, 2.75) is 12.8 Å². The largest absolute Gasteiger partial charge is 0.464 e. The lowest BCUT2D eigenvalue weighted by Gasteiger charge is -2.24. The molecule has 8 heteroatoms. The van der Waals surface area contributed by atoms with Gasteiger partial charge in [0, 0.05) is 21.8 Å². The van der Waals surface area contributed by atoms with Gasteiger partial charge in [0.25, 0.3) is 5.92 Å². The summed E-state index contributed by atoms with van der Waals surface area (Å²) in [6.45, 7) is 1.13. The van der Waals surface area contributed by atoms with Gasteiger partial charge in [-0.15, -0.1) is 0 Å². The number of hydrogen-bond acceptors (Lipinski definition) is 6. The summed E-state index contributed by atoms with van der Waals surface area (Å²) in [4.78, 5) is 15.9. The zero-order chi connectivity index (χ0) is 19.4. The van der Waals surface area contributed by atoms with E-state index < -0.39 is 11.9 Å². The van der Waals surface area contributed by atoms with Crippen molar-refractivity contribution in [2.75, 3.05) is 19.0 Å². The van der Waals surface area contributed by atoms with Crippen molar-refractivity contribution < 1.29 is 13.9 Å². The van der Waals surface area contributed by atoms with Gasteiger partial charge in [-0.3, -0.25) is 10.4 Å². The van der Waals surface area contributed by atoms with Crippen molar-refractivity contribution in [1.29, 1.82) is 0 Å². The van der Waals surface area contributed by atoms with E-state index in [1.807, 2.05) is 30.3 Å². The summed E-state index contributed by atoms with van der Waals surface area (Å²) in [5.41, 5.74) is 4.84. The quantitative estimate of drug-likeness (QED) is 0.364. The predicted molar refractivity (Wildman–Crippen MR) is 104 cm³/mol. The molecule has 1 aliphatic rings. The number of nitrogens with one attached hydrogen (secondary N) is 2. The first kappa shape index (κ1) is 18.8. The number of carbonyl (C=O) groups is 1. The van der Waals surface area contributed by atoms with Gasteiger partial charge in [0.2, 0.25) is 0 Å². The van der Waals surface area contributed by atoms with E-state index in [1.54, 1.807) is 18.2 Å². The summed E-state index contributed by atoms with van der Waals surface area (Å²) in [7, 11) is 1.23. The fraction of sp³-hybridized carbons (Fsp3) is 0.211. The Morgan fingerprint density at radius 3 is 2.63 bits per heavy atom. The van der Waals surface area contributed by atoms with Crippen molar-refractivity contribution in [3.63, 3.8) is 0 Å². The van der Waals surface area contributed by atoms with E-state index in [9.17, 15) is 4.79 Å². The third-order valence-corrected chi connectivity index (χ3v) is 4.31. The molecule has 2 N–H and O–H groups in total. The van der Waals surface area contributed by atoms with Gasteiger partial charge in [0.05, 0.1) is 12.8 Å². The highest BCUT2D eigenvalue weighted by molar-refractivity contribution is 6.36. The van der Waals surface area contributed by atoms with Gasteiger partial charge in [0.1, 0.15) is 12.3 Å². The second-order valence-corrected chi connectivity index (χ2v) is 6.32. The molecule has 6 nitrogen and oxygen atoms in total. The van der Waals surface area contributed by atoms with Gasteiger partial charge in [-0.05, 0) is 19.1 Å². The van der Waals surface area contributed by atoms with E-state index in [1.165, 1.54) is 14.0 Å². The number of para-hydroxylation sites is 1. The van der Waals surface area contributed by atoms with Crippen LogP contribution < -0.4 is 10.7 Å². The topological polar surface area (TPSA) is 75.1 Å². The van der Waals surface area contributed by atoms with E-state index in [4.69, 9.17) is 11.6 Å². The van der Waals surface area contributed by atoms with Gasteiger partial charge in [-0.2, -0.15) is 9.49 Å². The number of hydrazone groups is 1. The highest BCUT2D eigenvalue weighted by atomic mass is 35.5. The maximum Gasteiger partial charge on any atom is 0.353 e. The number of methoxy groups -OCH3 is 1. The number of carbonyl (C=O) groups excluding carboxylic acids is 1. The van der Waals surface area contributed by atoms with E-state index in [0.717, 1.165) is 0 Å². The molecule has 140 valence electrons. The summed E-state index contributed by atoms with van der Waals surface area (Å²) < 4.78 is 20.0. The zero-order valence-electron chi connectivity index (χ0n) is 14.8. The highest BCUT2D eigenvalue weighted by Gasteiger charge is 2.33. The Hall–Kier alpha value is -2.93. The number of hydrogen-bond donors (Lipinski definition) is 2. The first-order chi connectivity index (χ1) is 12.9. The fourth-order valence-electron chi connectivity index (χ4n) is 2.64. The molecular formula is C19H18ClFN4O2. The maximum absolute atomic E-state index is 15.4. The van der Waals surface area contributed by atoms with E-state index in [2.05, 4.69) is 25.6 Å². The van der Waals surface area contributed by atoms with Crippen molar-refractivity contribution in [1.82, 2.24) is 5.43 Å². The van der Waals surface area contributed by atoms with Crippen LogP contribution in [0.3, 0.4) is 0 Å². The van der Waals surface area contributed by atoms with Crippen LogP contribution in [-0.4, -0.2) is 37.0 Å². The van der Waals surface area contributed by atoms with Crippen LogP contribution in [-0.2, 0) is 9.53 Å². The maximum atomic E-state index is 15.4. The number of benzodiazepines with no additional fused rings is 1. The Labute approximate surface area is 161 Å². The number of ether oxygens (including phenoxy) is 1. The molecule has 0 saturated heterocycles. The lowest BCUT2D eigenvalue weighted by atomic mass is 10.0. The first-order valence-corrected chi connectivity index (χ1v) is 8.57. The zero-order valence-corrected chi connectivity index (χ0v) is 15.5. The molecule has 27 heavy (non-hydrogen) atoms. The third kappa shape index (κ3) is 4.09. The summed E-state index contributed by atoms with van der Waals surface area (Å²) in [5, 5.41) is 7.07. The SMILES string of the molecule is COC(=O)C(C)=NNC1(F)CN=C(c2ccccc2Cl)c2ccccc2N1. The van der Waals surface area contributed by atoms with E-state index in [-0.39, 0.29) is 12.3 Å². The van der Waals surface area contributed by atoms with Crippen molar-refractivity contribution in [3.05, 3.63) is 64.7 Å². The monoisotopic (exact) mass is 388 g/mol. The number of halogens is 2. The average molecular weight is 389 g/mol. The fourth-order valence-corrected chi connectivity index (χ4v) is 2.86. The summed E-state index contributed by atoms with van der Waals surface area (Å²) >= 11 is 6.32. The number of alkyl halides is 1. The molecule has 2 aromatic rings. The molecule has 1 unspecified atom stereocenters. The number of fused-ring (bicyclic) bond motifs is 1. The second kappa shape index (κ2) is 7.75. The molecule has 0 radical (unpaired) electrons. The Kier molecular flexibility index (Phi) is 5.41. The van der Waals surface area contributed by atoms with Crippen molar-refractivity contribution in [2.24, 2.45) is 10.1 Å².